The first-order chi connectivity index (χ1) is 8.31. The van der Waals surface area contributed by atoms with Gasteiger partial charge in [0, 0.05) is 19.9 Å². The molecule has 0 aromatic rings. The van der Waals surface area contributed by atoms with E-state index in [1.54, 1.807) is 0 Å². The molecule has 0 aliphatic heterocycles. The Morgan fingerprint density at radius 3 is 1.79 bits per heavy atom. The van der Waals surface area contributed by atoms with Crippen LogP contribution in [0.3, 0.4) is 0 Å². The molecule has 0 aliphatic rings. The maximum Gasteiger partial charge on any atom is 0.330 e. The fourth-order valence-corrected chi connectivity index (χ4v) is 0.323. The molecule has 19 heavy (non-hydrogen) atoms. The number of carbonyl (C=O) groups excluding carboxylic acids is 2. The molecule has 0 atom stereocenters. The number of ether oxygens (including phenoxy) is 2. The van der Waals surface area contributed by atoms with E-state index >= 15 is 0 Å². The summed E-state index contributed by atoms with van der Waals surface area (Å²) >= 11 is 0. The SMILES string of the molecule is C=CC(=O)OCCO.C=COC(C)=O.CC(=O)O.Cl. The second kappa shape index (κ2) is 21.4. The number of aliphatic carboxylic acids is 1. The molecule has 0 amide bonds. The molecular formula is C11H19ClO7. The second-order valence-corrected chi connectivity index (χ2v) is 2.39. The molecule has 0 heterocycles. The average molecular weight is 299 g/mol. The van der Waals surface area contributed by atoms with Gasteiger partial charge in [0.25, 0.3) is 5.97 Å². The van der Waals surface area contributed by atoms with Gasteiger partial charge in [0.05, 0.1) is 12.9 Å². The van der Waals surface area contributed by atoms with E-state index in [-0.39, 0.29) is 31.6 Å². The molecule has 2 N–H and O–H groups in total. The zero-order valence-electron chi connectivity index (χ0n) is 10.8. The third-order valence-electron chi connectivity index (χ3n) is 0.752. The van der Waals surface area contributed by atoms with E-state index in [9.17, 15) is 9.59 Å². The lowest BCUT2D eigenvalue weighted by Crippen LogP contribution is -2.04. The van der Waals surface area contributed by atoms with Gasteiger partial charge in [-0.1, -0.05) is 13.2 Å². The van der Waals surface area contributed by atoms with Crippen LogP contribution in [0, 0.1) is 0 Å². The summed E-state index contributed by atoms with van der Waals surface area (Å²) < 4.78 is 8.50. The predicted octanol–water partition coefficient (Wildman–Crippen LogP) is 0.914. The summed E-state index contributed by atoms with van der Waals surface area (Å²) in [5, 5.41) is 15.5. The number of esters is 2. The van der Waals surface area contributed by atoms with E-state index in [2.05, 4.69) is 22.6 Å². The van der Waals surface area contributed by atoms with Crippen molar-refractivity contribution in [2.45, 2.75) is 13.8 Å². The molecule has 8 heteroatoms. The summed E-state index contributed by atoms with van der Waals surface area (Å²) in [5.74, 6) is -1.66. The van der Waals surface area contributed by atoms with Crippen LogP contribution in [0.25, 0.3) is 0 Å². The number of carboxylic acid groups (broad SMARTS) is 1. The van der Waals surface area contributed by atoms with Crippen molar-refractivity contribution in [1.82, 2.24) is 0 Å². The number of hydrogen-bond acceptors (Lipinski definition) is 6. The molecule has 0 bridgehead atoms. The lowest BCUT2D eigenvalue weighted by atomic mass is 10.6. The Hall–Kier alpha value is -1.86. The standard InChI is InChI=1S/C5H8O3.C4H6O2.C2H4O2.ClH/c1-2-5(7)8-4-3-6;1-3-6-4(2)5;1-2(3)4;/h2,6H,1,3-4H2;3H,1H2,2H3;1H3,(H,3,4);1H. The van der Waals surface area contributed by atoms with Crippen molar-refractivity contribution in [3.63, 3.8) is 0 Å². The van der Waals surface area contributed by atoms with Crippen molar-refractivity contribution in [3.05, 3.63) is 25.5 Å². The number of hydrogen-bond donors (Lipinski definition) is 2. The number of carboxylic acids is 1. The van der Waals surface area contributed by atoms with Gasteiger partial charge in [-0.25, -0.2) is 4.79 Å². The molecule has 0 unspecified atom stereocenters. The first-order valence-corrected chi connectivity index (χ1v) is 4.69. The van der Waals surface area contributed by atoms with Crippen LogP contribution in [-0.2, 0) is 23.9 Å². The average Bonchev–Trinajstić information content (AvgIpc) is 2.25. The van der Waals surface area contributed by atoms with Crippen LogP contribution in [0.4, 0.5) is 0 Å². The fourth-order valence-electron chi connectivity index (χ4n) is 0.323. The summed E-state index contributed by atoms with van der Waals surface area (Å²) in [6.07, 6.45) is 2.15. The molecule has 7 nitrogen and oxygen atoms in total. The first kappa shape index (κ1) is 25.9. The van der Waals surface area contributed by atoms with E-state index < -0.39 is 11.9 Å². The van der Waals surface area contributed by atoms with E-state index in [1.165, 1.54) is 6.92 Å². The number of rotatable bonds is 4. The normalized spacial score (nSPS) is 6.89. The summed E-state index contributed by atoms with van der Waals surface area (Å²) in [6, 6.07) is 0. The van der Waals surface area contributed by atoms with Gasteiger partial charge in [-0.2, -0.15) is 0 Å². The van der Waals surface area contributed by atoms with E-state index in [0.717, 1.165) is 19.3 Å². The van der Waals surface area contributed by atoms with Gasteiger partial charge in [0.2, 0.25) is 0 Å². The Morgan fingerprint density at radius 1 is 1.21 bits per heavy atom. The minimum absolute atomic E-state index is 0. The van der Waals surface area contributed by atoms with E-state index in [4.69, 9.17) is 15.0 Å². The van der Waals surface area contributed by atoms with Crippen LogP contribution in [-0.4, -0.2) is 41.3 Å². The van der Waals surface area contributed by atoms with Crippen molar-refractivity contribution in [2.75, 3.05) is 13.2 Å². The maximum atomic E-state index is 10.1. The Bertz CT molecular complexity index is 272. The smallest absolute Gasteiger partial charge is 0.330 e. The summed E-state index contributed by atoms with van der Waals surface area (Å²) in [5.41, 5.74) is 0. The maximum absolute atomic E-state index is 10.1. The first-order valence-electron chi connectivity index (χ1n) is 4.69. The minimum atomic E-state index is -0.833. The monoisotopic (exact) mass is 298 g/mol. The number of halogens is 1. The molecule has 0 saturated carbocycles. The minimum Gasteiger partial charge on any atom is -0.481 e. The number of aliphatic hydroxyl groups excluding tert-OH is 1. The van der Waals surface area contributed by atoms with Gasteiger partial charge in [-0.3, -0.25) is 9.59 Å². The topological polar surface area (TPSA) is 110 Å². The Morgan fingerprint density at radius 2 is 1.63 bits per heavy atom. The van der Waals surface area contributed by atoms with Crippen LogP contribution in [0.5, 0.6) is 0 Å². The van der Waals surface area contributed by atoms with Gasteiger partial charge < -0.3 is 19.7 Å². The largest absolute Gasteiger partial charge is 0.481 e. The van der Waals surface area contributed by atoms with E-state index in [0.29, 0.717) is 0 Å². The highest BCUT2D eigenvalue weighted by molar-refractivity contribution is 5.85. The molecule has 0 rings (SSSR count). The van der Waals surface area contributed by atoms with Gasteiger partial charge >= 0.3 is 11.9 Å². The zero-order chi connectivity index (χ0) is 15.0. The second-order valence-electron chi connectivity index (χ2n) is 2.39. The summed E-state index contributed by atoms with van der Waals surface area (Å²) in [7, 11) is 0. The lowest BCUT2D eigenvalue weighted by Gasteiger charge is -1.94. The Balaban J connectivity index is -0.0000000916. The van der Waals surface area contributed by atoms with Crippen molar-refractivity contribution in [1.29, 1.82) is 0 Å². The van der Waals surface area contributed by atoms with Crippen molar-refractivity contribution in [2.24, 2.45) is 0 Å². The summed E-state index contributed by atoms with van der Waals surface area (Å²) in [4.78, 5) is 28.9. The van der Waals surface area contributed by atoms with Gasteiger partial charge in [0.15, 0.2) is 0 Å². The highest BCUT2D eigenvalue weighted by Gasteiger charge is 1.90. The number of carbonyl (C=O) groups is 3. The number of aliphatic hydroxyl groups is 1. The molecule has 0 aromatic carbocycles. The molecule has 0 fully saturated rings. The molecule has 112 valence electrons. The molecule has 0 aliphatic carbocycles. The predicted molar refractivity (Wildman–Crippen MR) is 70.8 cm³/mol. The Labute approximate surface area is 117 Å². The lowest BCUT2D eigenvalue weighted by molar-refractivity contribution is -0.139. The van der Waals surface area contributed by atoms with Crippen LogP contribution in [0.15, 0.2) is 25.5 Å². The summed E-state index contributed by atoms with van der Waals surface area (Å²) in [6.45, 7) is 8.63. The fraction of sp³-hybridized carbons (Fsp3) is 0.364. The van der Waals surface area contributed by atoms with Gasteiger partial charge in [-0.15, -0.1) is 12.4 Å². The van der Waals surface area contributed by atoms with Crippen LogP contribution >= 0.6 is 12.4 Å². The van der Waals surface area contributed by atoms with Gasteiger partial charge in [-0.05, 0) is 0 Å². The molecule has 0 aromatic heterocycles. The molecule has 0 saturated heterocycles. The third-order valence-corrected chi connectivity index (χ3v) is 0.752. The molecule has 0 spiro atoms. The highest BCUT2D eigenvalue weighted by Crippen LogP contribution is 1.75. The van der Waals surface area contributed by atoms with Crippen molar-refractivity contribution >= 4 is 30.3 Å². The molecule has 0 radical (unpaired) electrons. The van der Waals surface area contributed by atoms with E-state index in [1.807, 2.05) is 0 Å². The van der Waals surface area contributed by atoms with Crippen LogP contribution in [0.2, 0.25) is 0 Å². The zero-order valence-corrected chi connectivity index (χ0v) is 11.6. The highest BCUT2D eigenvalue weighted by atomic mass is 35.5. The van der Waals surface area contributed by atoms with Crippen molar-refractivity contribution < 1.29 is 34.1 Å². The van der Waals surface area contributed by atoms with Crippen LogP contribution < -0.4 is 0 Å². The van der Waals surface area contributed by atoms with Crippen molar-refractivity contribution in [3.8, 4) is 0 Å². The van der Waals surface area contributed by atoms with Gasteiger partial charge in [0.1, 0.15) is 6.61 Å². The van der Waals surface area contributed by atoms with Crippen LogP contribution in [0.1, 0.15) is 13.8 Å². The quantitative estimate of drug-likeness (QED) is 0.451. The molecular weight excluding hydrogens is 280 g/mol. The Kier molecular flexibility index (Phi) is 29.2. The third kappa shape index (κ3) is 63.3.